The van der Waals surface area contributed by atoms with Gasteiger partial charge in [-0.05, 0) is 48.5 Å². The molecule has 1 heterocycles. The molecule has 0 saturated heterocycles. The lowest BCUT2D eigenvalue weighted by Crippen LogP contribution is -2.21. The summed E-state index contributed by atoms with van der Waals surface area (Å²) < 4.78 is 38.8. The number of nitrogens with two attached hydrogens (primary N) is 8. The van der Waals surface area contributed by atoms with Crippen molar-refractivity contribution in [2.24, 2.45) is 86.7 Å². The molecule has 0 atom stereocenters. The summed E-state index contributed by atoms with van der Waals surface area (Å²) in [5.41, 5.74) is 41.8. The molecule has 0 saturated carbocycles. The first-order chi connectivity index (χ1) is 26.0. The average Bonchev–Trinajstić information content (AvgIpc) is 3.10. The van der Waals surface area contributed by atoms with Crippen LogP contribution in [0.5, 0.6) is 0 Å². The van der Waals surface area contributed by atoms with E-state index in [9.17, 15) is 13.2 Å². The summed E-state index contributed by atoms with van der Waals surface area (Å²) in [5.74, 6) is -1.97. The van der Waals surface area contributed by atoms with Crippen LogP contribution < -0.4 is 45.9 Å². The predicted molar refractivity (Wildman–Crippen MR) is 217 cm³/mol. The Labute approximate surface area is 331 Å². The second-order valence-corrected chi connectivity index (χ2v) is 11.0. The van der Waals surface area contributed by atoms with Crippen LogP contribution in [0.1, 0.15) is 22.3 Å². The second kappa shape index (κ2) is 25.5. The van der Waals surface area contributed by atoms with Gasteiger partial charge in [0.15, 0.2) is 0 Å². The molecule has 0 aliphatic rings. The summed E-state index contributed by atoms with van der Waals surface area (Å²) >= 11 is 22.7. The molecular formula is C31H32Cl4F3N17. The van der Waals surface area contributed by atoms with Crippen molar-refractivity contribution in [3.8, 4) is 0 Å². The highest BCUT2D eigenvalue weighted by Crippen LogP contribution is 2.24. The molecule has 0 aliphatic carbocycles. The highest BCUT2D eigenvalue weighted by molar-refractivity contribution is 6.42. The topological polar surface area (TPSA) is 320 Å². The molecule has 0 bridgehead atoms. The molecule has 4 aromatic rings. The van der Waals surface area contributed by atoms with Crippen LogP contribution in [0.15, 0.2) is 114 Å². The minimum Gasteiger partial charge on any atom is -0.369 e. The van der Waals surface area contributed by atoms with Crippen LogP contribution in [0, 0.1) is 17.5 Å². The van der Waals surface area contributed by atoms with E-state index in [1.165, 1.54) is 49.0 Å². The zero-order valence-corrected chi connectivity index (χ0v) is 31.1. The minimum absolute atomic E-state index is 0.101. The lowest BCUT2D eigenvalue weighted by molar-refractivity contribution is 0.625. The van der Waals surface area contributed by atoms with Crippen molar-refractivity contribution < 1.29 is 13.2 Å². The molecule has 0 aliphatic heterocycles. The quantitative estimate of drug-likeness (QED) is 0.0422. The number of guanidine groups is 4. The van der Waals surface area contributed by atoms with Gasteiger partial charge in [-0.15, -0.1) is 20.4 Å². The largest absolute Gasteiger partial charge is 0.369 e. The minimum atomic E-state index is -0.557. The number of hydrogen-bond donors (Lipinski definition) is 8. The summed E-state index contributed by atoms with van der Waals surface area (Å²) in [6.45, 7) is 0. The molecule has 24 heteroatoms. The third-order valence-electron chi connectivity index (χ3n) is 5.17. The van der Waals surface area contributed by atoms with Gasteiger partial charge in [-0.1, -0.05) is 64.6 Å². The standard InChI is InChI=1S/C8H7Cl2FN4.C8H8ClFN4.C8H9FN4.C7H8ClN5/c9-5-1-4(3-14-15-8(12)13)7(11)2-6(5)10;9-7-2-1-6(10)3-5(7)4-13-14-8(11)12;9-7-4-2-1-3-6(7)5-12-13-8(10)11;8-6-5(2-1-3-11-6)4-12-13-7(9)10/h1-3H,(H4,12,13,15);1-4H,(H4,11,12,14);1-5H,(H4,10,11,13);1-4H,(H4,9,10,13)/b14-3+;13-4+;12-5+;12-4+. The van der Waals surface area contributed by atoms with Crippen molar-refractivity contribution in [1.29, 1.82) is 0 Å². The Kier molecular flexibility index (Phi) is 21.6. The van der Waals surface area contributed by atoms with E-state index in [0.29, 0.717) is 26.9 Å². The second-order valence-electron chi connectivity index (χ2n) is 9.44. The van der Waals surface area contributed by atoms with Crippen molar-refractivity contribution in [1.82, 2.24) is 4.98 Å². The van der Waals surface area contributed by atoms with E-state index < -0.39 is 11.6 Å². The van der Waals surface area contributed by atoms with Crippen LogP contribution in [0.25, 0.3) is 0 Å². The number of hydrogen-bond acceptors (Lipinski definition) is 9. The number of aromatic nitrogens is 1. The molecule has 1 aromatic heterocycles. The van der Waals surface area contributed by atoms with Crippen molar-refractivity contribution in [2.75, 3.05) is 0 Å². The van der Waals surface area contributed by atoms with Gasteiger partial charge in [0.1, 0.15) is 22.6 Å². The van der Waals surface area contributed by atoms with Gasteiger partial charge in [-0.25, -0.2) is 18.2 Å². The molecule has 0 amide bonds. The van der Waals surface area contributed by atoms with Crippen molar-refractivity contribution in [3.63, 3.8) is 0 Å². The Balaban J connectivity index is 0.000000367. The number of benzene rings is 3. The zero-order valence-electron chi connectivity index (χ0n) is 28.0. The molecule has 0 radical (unpaired) electrons. The molecule has 290 valence electrons. The first-order valence-electron chi connectivity index (χ1n) is 14.4. The molecule has 16 N–H and O–H groups in total. The average molecular weight is 842 g/mol. The van der Waals surface area contributed by atoms with E-state index in [2.05, 4.69) is 45.8 Å². The Bertz CT molecular complexity index is 2020. The summed E-state index contributed by atoms with van der Waals surface area (Å²) in [6, 6.07) is 16.0. The Morgan fingerprint density at radius 1 is 0.473 bits per heavy atom. The van der Waals surface area contributed by atoms with Crippen LogP contribution >= 0.6 is 46.4 Å². The van der Waals surface area contributed by atoms with Gasteiger partial charge in [0.2, 0.25) is 23.8 Å². The van der Waals surface area contributed by atoms with Crippen LogP contribution in [-0.4, -0.2) is 53.7 Å². The first-order valence-corrected chi connectivity index (χ1v) is 15.9. The molecule has 0 fully saturated rings. The van der Waals surface area contributed by atoms with Gasteiger partial charge < -0.3 is 45.9 Å². The van der Waals surface area contributed by atoms with Gasteiger partial charge in [-0.2, -0.15) is 20.4 Å². The van der Waals surface area contributed by atoms with Crippen molar-refractivity contribution in [3.05, 3.63) is 133 Å². The summed E-state index contributed by atoms with van der Waals surface area (Å²) in [7, 11) is 0. The Hall–Kier alpha value is -6.48. The van der Waals surface area contributed by atoms with Crippen molar-refractivity contribution >= 4 is 95.1 Å². The normalized spacial score (nSPS) is 10.4. The molecule has 0 spiro atoms. The molecule has 0 unspecified atom stereocenters. The van der Waals surface area contributed by atoms with Gasteiger partial charge in [0, 0.05) is 33.5 Å². The van der Waals surface area contributed by atoms with E-state index in [1.54, 1.807) is 36.5 Å². The van der Waals surface area contributed by atoms with Crippen LogP contribution in [0.4, 0.5) is 13.2 Å². The zero-order chi connectivity index (χ0) is 41.3. The number of rotatable bonds is 8. The van der Waals surface area contributed by atoms with E-state index >= 15 is 0 Å². The molecule has 55 heavy (non-hydrogen) atoms. The predicted octanol–water partition coefficient (Wildman–Crippen LogP) is 3.60. The van der Waals surface area contributed by atoms with E-state index in [4.69, 9.17) is 92.3 Å². The van der Waals surface area contributed by atoms with Gasteiger partial charge in [0.25, 0.3) is 0 Å². The van der Waals surface area contributed by atoms with E-state index in [1.807, 2.05) is 0 Å². The maximum Gasteiger partial charge on any atom is 0.211 e. The third kappa shape index (κ3) is 21.0. The number of nitrogens with zero attached hydrogens (tertiary/aromatic N) is 9. The number of pyridine rings is 1. The third-order valence-corrected chi connectivity index (χ3v) is 6.55. The van der Waals surface area contributed by atoms with Crippen molar-refractivity contribution in [2.45, 2.75) is 0 Å². The fraction of sp³-hybridized carbons (Fsp3) is 0. The summed E-state index contributed by atoms with van der Waals surface area (Å²) in [6.07, 6.45) is 6.66. The van der Waals surface area contributed by atoms with Gasteiger partial charge in [-0.3, -0.25) is 0 Å². The molecule has 17 nitrogen and oxygen atoms in total. The summed E-state index contributed by atoms with van der Waals surface area (Å²) in [5, 5.41) is 28.5. The maximum absolute atomic E-state index is 13.2. The maximum atomic E-state index is 13.2. The lowest BCUT2D eigenvalue weighted by Gasteiger charge is -1.98. The van der Waals surface area contributed by atoms with Crippen LogP contribution in [0.3, 0.4) is 0 Å². The van der Waals surface area contributed by atoms with Gasteiger partial charge in [0.05, 0.1) is 34.9 Å². The van der Waals surface area contributed by atoms with Crippen LogP contribution in [-0.2, 0) is 0 Å². The highest BCUT2D eigenvalue weighted by Gasteiger charge is 2.05. The number of halogens is 7. The van der Waals surface area contributed by atoms with E-state index in [-0.39, 0.29) is 45.3 Å². The van der Waals surface area contributed by atoms with Crippen LogP contribution in [0.2, 0.25) is 20.2 Å². The highest BCUT2D eigenvalue weighted by atomic mass is 35.5. The fourth-order valence-corrected chi connectivity index (χ4v) is 3.61. The first kappa shape index (κ1) is 46.5. The van der Waals surface area contributed by atoms with Gasteiger partial charge >= 0.3 is 0 Å². The fourth-order valence-electron chi connectivity index (χ4n) is 2.96. The molecule has 3 aromatic carbocycles. The lowest BCUT2D eigenvalue weighted by atomic mass is 10.2. The summed E-state index contributed by atoms with van der Waals surface area (Å²) in [4.78, 5) is 3.84. The Morgan fingerprint density at radius 3 is 1.44 bits per heavy atom. The Morgan fingerprint density at radius 2 is 0.927 bits per heavy atom. The SMILES string of the molecule is NC(N)=N/N=C/c1cc(Cl)c(Cl)cc1F.NC(N)=N/N=C/c1cc(F)ccc1Cl.NC(N)=N/N=C/c1ccccc1F.NC(N)=N/N=C/c1cccnc1Cl. The molecular weight excluding hydrogens is 809 g/mol. The smallest absolute Gasteiger partial charge is 0.211 e. The molecule has 4 rings (SSSR count). The van der Waals surface area contributed by atoms with E-state index in [0.717, 1.165) is 12.3 Å². The monoisotopic (exact) mass is 839 g/mol.